The minimum Gasteiger partial charge on any atom is -0.507 e. The largest absolute Gasteiger partial charge is 0.507 e. The van der Waals surface area contributed by atoms with Gasteiger partial charge in [0.15, 0.2) is 0 Å². The Morgan fingerprint density at radius 3 is 2.52 bits per heavy atom. The summed E-state index contributed by atoms with van der Waals surface area (Å²) >= 11 is 0. The van der Waals surface area contributed by atoms with Crippen LogP contribution in [0.15, 0.2) is 18.2 Å². The molecule has 1 amide bonds. The lowest BCUT2D eigenvalue weighted by atomic mass is 9.99. The molecule has 4 heteroatoms. The van der Waals surface area contributed by atoms with Crippen molar-refractivity contribution in [2.45, 2.75) is 34.1 Å². The van der Waals surface area contributed by atoms with E-state index in [1.165, 1.54) is 0 Å². The molecule has 21 heavy (non-hydrogen) atoms. The highest BCUT2D eigenvalue weighted by molar-refractivity contribution is 5.97. The quantitative estimate of drug-likeness (QED) is 0.774. The van der Waals surface area contributed by atoms with E-state index in [1.807, 2.05) is 12.1 Å². The molecule has 0 heterocycles. The summed E-state index contributed by atoms with van der Waals surface area (Å²) in [4.78, 5) is 14.4. The van der Waals surface area contributed by atoms with Gasteiger partial charge in [0.1, 0.15) is 5.75 Å². The lowest BCUT2D eigenvalue weighted by molar-refractivity contribution is 0.0946. The molecule has 118 valence electrons. The molecule has 0 aliphatic heterocycles. The van der Waals surface area contributed by atoms with Gasteiger partial charge in [0.05, 0.1) is 5.56 Å². The standard InChI is InChI=1S/C17H28N2O2/c1-5-19(6-2)11-10-18-17(21)15-9-7-8-14(16(15)20)12-13(3)4/h7-9,13,20H,5-6,10-12H2,1-4H3,(H,18,21). The molecule has 0 radical (unpaired) electrons. The summed E-state index contributed by atoms with van der Waals surface area (Å²) in [5, 5.41) is 13.1. The van der Waals surface area contributed by atoms with Crippen molar-refractivity contribution in [1.29, 1.82) is 0 Å². The van der Waals surface area contributed by atoms with E-state index in [-0.39, 0.29) is 11.7 Å². The number of amides is 1. The van der Waals surface area contributed by atoms with Crippen molar-refractivity contribution in [3.05, 3.63) is 29.3 Å². The molecule has 4 nitrogen and oxygen atoms in total. The van der Waals surface area contributed by atoms with Gasteiger partial charge in [0.25, 0.3) is 5.91 Å². The average molecular weight is 292 g/mol. The van der Waals surface area contributed by atoms with Gasteiger partial charge in [0, 0.05) is 13.1 Å². The van der Waals surface area contributed by atoms with Crippen LogP contribution in [0.2, 0.25) is 0 Å². The zero-order valence-electron chi connectivity index (χ0n) is 13.6. The first-order chi connectivity index (χ1) is 9.99. The van der Waals surface area contributed by atoms with Crippen molar-refractivity contribution in [2.75, 3.05) is 26.2 Å². The van der Waals surface area contributed by atoms with E-state index in [0.29, 0.717) is 18.0 Å². The number of benzene rings is 1. The van der Waals surface area contributed by atoms with Crippen molar-refractivity contribution in [3.8, 4) is 5.75 Å². The van der Waals surface area contributed by atoms with Crippen LogP contribution in [0, 0.1) is 5.92 Å². The van der Waals surface area contributed by atoms with Crippen LogP contribution in [-0.2, 0) is 6.42 Å². The highest BCUT2D eigenvalue weighted by atomic mass is 16.3. The molecule has 0 saturated carbocycles. The monoisotopic (exact) mass is 292 g/mol. The minimum atomic E-state index is -0.203. The molecule has 0 fully saturated rings. The normalized spacial score (nSPS) is 11.1. The summed E-state index contributed by atoms with van der Waals surface area (Å²) in [6, 6.07) is 5.38. The fourth-order valence-electron chi connectivity index (χ4n) is 2.34. The first-order valence-electron chi connectivity index (χ1n) is 7.80. The number of nitrogens with one attached hydrogen (secondary N) is 1. The third kappa shape index (κ3) is 5.38. The first kappa shape index (κ1) is 17.5. The van der Waals surface area contributed by atoms with Crippen molar-refractivity contribution in [3.63, 3.8) is 0 Å². The van der Waals surface area contributed by atoms with Gasteiger partial charge in [-0.05, 0) is 37.1 Å². The SMILES string of the molecule is CCN(CC)CCNC(=O)c1cccc(CC(C)C)c1O. The predicted molar refractivity (Wildman–Crippen MR) is 86.8 cm³/mol. The van der Waals surface area contributed by atoms with Crippen LogP contribution in [0.5, 0.6) is 5.75 Å². The lowest BCUT2D eigenvalue weighted by Gasteiger charge is -2.18. The molecular formula is C17H28N2O2. The molecule has 0 spiro atoms. The minimum absolute atomic E-state index is 0.117. The molecule has 1 rings (SSSR count). The van der Waals surface area contributed by atoms with E-state index in [2.05, 4.69) is 37.9 Å². The topological polar surface area (TPSA) is 52.6 Å². The molecule has 0 atom stereocenters. The van der Waals surface area contributed by atoms with Crippen LogP contribution in [0.3, 0.4) is 0 Å². The number of likely N-dealkylation sites (N-methyl/N-ethyl adjacent to an activating group) is 1. The molecule has 2 N–H and O–H groups in total. The van der Waals surface area contributed by atoms with Gasteiger partial charge >= 0.3 is 0 Å². The van der Waals surface area contributed by atoms with Crippen molar-refractivity contribution in [1.82, 2.24) is 10.2 Å². The highest BCUT2D eigenvalue weighted by Gasteiger charge is 2.14. The second-order valence-electron chi connectivity index (χ2n) is 5.69. The number of phenolic OH excluding ortho intramolecular Hbond substituents is 1. The summed E-state index contributed by atoms with van der Waals surface area (Å²) in [7, 11) is 0. The highest BCUT2D eigenvalue weighted by Crippen LogP contribution is 2.24. The summed E-state index contributed by atoms with van der Waals surface area (Å²) in [5.74, 6) is 0.355. The van der Waals surface area contributed by atoms with E-state index in [0.717, 1.165) is 31.6 Å². The summed E-state index contributed by atoms with van der Waals surface area (Å²) in [5.41, 5.74) is 1.20. The smallest absolute Gasteiger partial charge is 0.255 e. The molecule has 0 aliphatic rings. The maximum atomic E-state index is 12.2. The van der Waals surface area contributed by atoms with Crippen molar-refractivity contribution in [2.24, 2.45) is 5.92 Å². The zero-order valence-corrected chi connectivity index (χ0v) is 13.6. The van der Waals surface area contributed by atoms with E-state index in [9.17, 15) is 9.90 Å². The van der Waals surface area contributed by atoms with Crippen LogP contribution in [0.4, 0.5) is 0 Å². The molecule has 1 aromatic carbocycles. The fourth-order valence-corrected chi connectivity index (χ4v) is 2.34. The summed E-state index contributed by atoms with van der Waals surface area (Å²) < 4.78 is 0. The number of nitrogens with zero attached hydrogens (tertiary/aromatic N) is 1. The molecule has 0 saturated heterocycles. The third-order valence-electron chi connectivity index (χ3n) is 3.60. The van der Waals surface area contributed by atoms with Gasteiger partial charge in [-0.2, -0.15) is 0 Å². The van der Waals surface area contributed by atoms with E-state index in [4.69, 9.17) is 0 Å². The number of aromatic hydroxyl groups is 1. The first-order valence-corrected chi connectivity index (χ1v) is 7.80. The number of hydrogen-bond donors (Lipinski definition) is 2. The van der Waals surface area contributed by atoms with Crippen molar-refractivity contribution < 1.29 is 9.90 Å². The number of para-hydroxylation sites is 1. The Kier molecular flexibility index (Phi) is 7.23. The third-order valence-corrected chi connectivity index (χ3v) is 3.60. The van der Waals surface area contributed by atoms with Crippen LogP contribution < -0.4 is 5.32 Å². The second-order valence-corrected chi connectivity index (χ2v) is 5.69. The Bertz CT molecular complexity index is 454. The molecule has 0 unspecified atom stereocenters. The summed E-state index contributed by atoms with van der Waals surface area (Å²) in [6.07, 6.45) is 0.770. The van der Waals surface area contributed by atoms with Crippen LogP contribution >= 0.6 is 0 Å². The maximum absolute atomic E-state index is 12.2. The Morgan fingerprint density at radius 1 is 1.29 bits per heavy atom. The molecule has 0 bridgehead atoms. The fraction of sp³-hybridized carbons (Fsp3) is 0.588. The van der Waals surface area contributed by atoms with Crippen LogP contribution in [-0.4, -0.2) is 42.1 Å². The Hall–Kier alpha value is -1.55. The lowest BCUT2D eigenvalue weighted by Crippen LogP contribution is -2.34. The van der Waals surface area contributed by atoms with Gasteiger partial charge in [-0.15, -0.1) is 0 Å². The van der Waals surface area contributed by atoms with Gasteiger partial charge in [-0.3, -0.25) is 4.79 Å². The Balaban J connectivity index is 2.66. The Labute approximate surface area is 128 Å². The van der Waals surface area contributed by atoms with Crippen molar-refractivity contribution >= 4 is 5.91 Å². The molecular weight excluding hydrogens is 264 g/mol. The van der Waals surface area contributed by atoms with E-state index >= 15 is 0 Å². The number of carbonyl (C=O) groups is 1. The predicted octanol–water partition coefficient (Wildman–Crippen LogP) is 2.66. The maximum Gasteiger partial charge on any atom is 0.255 e. The average Bonchev–Trinajstić information content (AvgIpc) is 2.45. The van der Waals surface area contributed by atoms with Gasteiger partial charge < -0.3 is 15.3 Å². The van der Waals surface area contributed by atoms with Gasteiger partial charge in [0.2, 0.25) is 0 Å². The molecule has 0 aliphatic carbocycles. The van der Waals surface area contributed by atoms with E-state index in [1.54, 1.807) is 6.07 Å². The van der Waals surface area contributed by atoms with Gasteiger partial charge in [-0.1, -0.05) is 39.8 Å². The van der Waals surface area contributed by atoms with E-state index < -0.39 is 0 Å². The number of phenols is 1. The summed E-state index contributed by atoms with van der Waals surface area (Å²) in [6.45, 7) is 11.8. The van der Waals surface area contributed by atoms with Gasteiger partial charge in [-0.25, -0.2) is 0 Å². The molecule has 0 aromatic heterocycles. The van der Waals surface area contributed by atoms with Crippen LogP contribution in [0.25, 0.3) is 0 Å². The van der Waals surface area contributed by atoms with Crippen LogP contribution in [0.1, 0.15) is 43.6 Å². The zero-order chi connectivity index (χ0) is 15.8. The number of hydrogen-bond acceptors (Lipinski definition) is 3. The number of carbonyl (C=O) groups excluding carboxylic acids is 1. The molecule has 1 aromatic rings. The second kappa shape index (κ2) is 8.67. The Morgan fingerprint density at radius 2 is 1.95 bits per heavy atom. The number of rotatable bonds is 8.